The number of rotatable bonds is 9. The molecule has 8 nitrogen and oxygen atoms in total. The Labute approximate surface area is 221 Å². The van der Waals surface area contributed by atoms with Gasteiger partial charge < -0.3 is 20.9 Å². The monoisotopic (exact) mass is 532 g/mol. The van der Waals surface area contributed by atoms with Gasteiger partial charge in [-0.2, -0.15) is 10.5 Å². The summed E-state index contributed by atoms with van der Waals surface area (Å²) in [5.41, 5.74) is 9.33. The smallest absolute Gasteiger partial charge is 0.187 e. The SMILES string of the molecule is Cc1ccc(Nc2nc(CSc3nc(N)c(C#N)c(-c4ccc(OCCO)cc4)c3C#N)cs2)c(F)c1. The third-order valence-electron chi connectivity index (χ3n) is 5.19. The fraction of sp³-hybridized carbons (Fsp3) is 0.154. The minimum Gasteiger partial charge on any atom is -0.491 e. The van der Waals surface area contributed by atoms with E-state index in [9.17, 15) is 14.9 Å². The number of benzene rings is 2. The molecule has 0 atom stereocenters. The van der Waals surface area contributed by atoms with Crippen LogP contribution in [0.1, 0.15) is 22.4 Å². The maximum atomic E-state index is 14.2. The van der Waals surface area contributed by atoms with E-state index in [4.69, 9.17) is 15.6 Å². The number of thioether (sulfide) groups is 1. The molecule has 0 aliphatic rings. The molecule has 0 saturated heterocycles. The Morgan fingerprint density at radius 3 is 2.57 bits per heavy atom. The molecule has 11 heteroatoms. The van der Waals surface area contributed by atoms with Crippen molar-refractivity contribution < 1.29 is 14.2 Å². The molecule has 0 aliphatic carbocycles. The first-order valence-corrected chi connectivity index (χ1v) is 12.9. The van der Waals surface area contributed by atoms with Gasteiger partial charge in [0.15, 0.2) is 5.13 Å². The Kier molecular flexibility index (Phi) is 8.21. The Hall–Kier alpha value is -4.16. The number of thiazole rings is 1. The number of nitrogens with one attached hydrogen (secondary N) is 1. The second kappa shape index (κ2) is 11.7. The van der Waals surface area contributed by atoms with Crippen LogP contribution in [-0.4, -0.2) is 28.3 Å². The number of aryl methyl sites for hydroxylation is 1. The zero-order valence-corrected chi connectivity index (χ0v) is 21.3. The second-order valence-corrected chi connectivity index (χ2v) is 9.61. The van der Waals surface area contributed by atoms with E-state index in [0.29, 0.717) is 44.2 Å². The highest BCUT2D eigenvalue weighted by atomic mass is 32.2. The molecule has 2 aromatic carbocycles. The number of nitrogens with two attached hydrogens (primary N) is 1. The number of aliphatic hydroxyl groups excluding tert-OH is 1. The number of nitriles is 2. The highest BCUT2D eigenvalue weighted by Gasteiger charge is 2.21. The standard InChI is InChI=1S/C26H21FN6O2S2/c1-15-2-7-22(21(27)10-15)32-26-31-17(14-37-26)13-36-25-20(12-29)23(19(11-28)24(30)33-25)16-3-5-18(6-4-16)35-9-8-34/h2-7,10,14,34H,8-9,13H2,1H3,(H2,30,33)(H,31,32). The summed E-state index contributed by atoms with van der Waals surface area (Å²) >= 11 is 2.61. The molecule has 0 unspecified atom stereocenters. The first-order chi connectivity index (χ1) is 17.9. The topological polar surface area (TPSA) is 141 Å². The quantitative estimate of drug-likeness (QED) is 0.242. The number of nitrogen functional groups attached to an aromatic ring is 1. The maximum Gasteiger partial charge on any atom is 0.187 e. The predicted octanol–water partition coefficient (Wildman–Crippen LogP) is 5.39. The molecule has 0 fully saturated rings. The van der Waals surface area contributed by atoms with Crippen LogP contribution in [0.5, 0.6) is 5.75 Å². The highest BCUT2D eigenvalue weighted by molar-refractivity contribution is 7.98. The third kappa shape index (κ3) is 5.98. The molecule has 0 aliphatic heterocycles. The fourth-order valence-electron chi connectivity index (χ4n) is 3.48. The van der Waals surface area contributed by atoms with Gasteiger partial charge in [0.2, 0.25) is 0 Å². The zero-order chi connectivity index (χ0) is 26.4. The average molecular weight is 533 g/mol. The molecule has 0 bridgehead atoms. The summed E-state index contributed by atoms with van der Waals surface area (Å²) in [6.45, 7) is 1.86. The van der Waals surface area contributed by atoms with E-state index in [2.05, 4.69) is 27.4 Å². The lowest BCUT2D eigenvalue weighted by molar-refractivity contribution is 0.201. The summed E-state index contributed by atoms with van der Waals surface area (Å²) in [5.74, 6) is 0.595. The predicted molar refractivity (Wildman–Crippen MR) is 142 cm³/mol. The van der Waals surface area contributed by atoms with Gasteiger partial charge in [-0.15, -0.1) is 11.3 Å². The number of pyridine rings is 1. The largest absolute Gasteiger partial charge is 0.491 e. The number of hydrogen-bond donors (Lipinski definition) is 3. The summed E-state index contributed by atoms with van der Waals surface area (Å²) in [4.78, 5) is 8.83. The number of halogens is 1. The number of ether oxygens (including phenoxy) is 1. The van der Waals surface area contributed by atoms with Crippen LogP contribution in [0.2, 0.25) is 0 Å². The van der Waals surface area contributed by atoms with E-state index in [1.165, 1.54) is 29.2 Å². The molecule has 4 N–H and O–H groups in total. The van der Waals surface area contributed by atoms with Gasteiger partial charge in [0.25, 0.3) is 0 Å². The number of anilines is 3. The Balaban J connectivity index is 1.58. The van der Waals surface area contributed by atoms with Crippen LogP contribution in [0.15, 0.2) is 52.9 Å². The lowest BCUT2D eigenvalue weighted by Crippen LogP contribution is -2.04. The molecule has 0 amide bonds. The first kappa shape index (κ1) is 25.9. The minimum absolute atomic E-state index is 0.0232. The van der Waals surface area contributed by atoms with E-state index in [-0.39, 0.29) is 36.0 Å². The molecule has 0 radical (unpaired) electrons. The van der Waals surface area contributed by atoms with Crippen LogP contribution in [0.3, 0.4) is 0 Å². The molecular formula is C26H21FN6O2S2. The van der Waals surface area contributed by atoms with Crippen LogP contribution in [-0.2, 0) is 5.75 Å². The fourth-order valence-corrected chi connectivity index (χ4v) is 5.20. The maximum absolute atomic E-state index is 14.2. The zero-order valence-electron chi connectivity index (χ0n) is 19.7. The molecule has 4 rings (SSSR count). The van der Waals surface area contributed by atoms with Crippen molar-refractivity contribution in [1.29, 1.82) is 10.5 Å². The van der Waals surface area contributed by atoms with Crippen LogP contribution in [0.4, 0.5) is 21.0 Å². The molecule has 37 heavy (non-hydrogen) atoms. The minimum atomic E-state index is -0.359. The Bertz CT molecular complexity index is 1510. The van der Waals surface area contributed by atoms with Crippen molar-refractivity contribution in [3.8, 4) is 29.0 Å². The number of aromatic nitrogens is 2. The highest BCUT2D eigenvalue weighted by Crippen LogP contribution is 2.37. The van der Waals surface area contributed by atoms with E-state index >= 15 is 0 Å². The van der Waals surface area contributed by atoms with Crippen molar-refractivity contribution in [3.63, 3.8) is 0 Å². The molecule has 2 heterocycles. The van der Waals surface area contributed by atoms with Crippen molar-refractivity contribution in [2.75, 3.05) is 24.3 Å². The summed E-state index contributed by atoms with van der Waals surface area (Å²) in [5, 5.41) is 34.4. The number of aliphatic hydroxyl groups is 1. The van der Waals surface area contributed by atoms with Crippen LogP contribution in [0, 0.1) is 35.4 Å². The summed E-state index contributed by atoms with van der Waals surface area (Å²) in [7, 11) is 0. The van der Waals surface area contributed by atoms with Crippen molar-refractivity contribution >= 4 is 39.7 Å². The second-order valence-electron chi connectivity index (χ2n) is 7.79. The molecule has 186 valence electrons. The van der Waals surface area contributed by atoms with Gasteiger partial charge in [0.05, 0.1) is 23.6 Å². The summed E-state index contributed by atoms with van der Waals surface area (Å²) < 4.78 is 19.6. The average Bonchev–Trinajstić information content (AvgIpc) is 3.35. The third-order valence-corrected chi connectivity index (χ3v) is 7.01. The van der Waals surface area contributed by atoms with Crippen molar-refractivity contribution in [2.24, 2.45) is 0 Å². The van der Waals surface area contributed by atoms with Crippen molar-refractivity contribution in [3.05, 3.63) is 76.0 Å². The van der Waals surface area contributed by atoms with Gasteiger partial charge in [-0.05, 0) is 42.3 Å². The van der Waals surface area contributed by atoms with Crippen molar-refractivity contribution in [2.45, 2.75) is 17.7 Å². The van der Waals surface area contributed by atoms with Crippen molar-refractivity contribution in [1.82, 2.24) is 9.97 Å². The van der Waals surface area contributed by atoms with Gasteiger partial charge >= 0.3 is 0 Å². The molecule has 2 aromatic heterocycles. The van der Waals surface area contributed by atoms with Gasteiger partial charge in [-0.3, -0.25) is 0 Å². The molecular weight excluding hydrogens is 511 g/mol. The number of nitrogens with zero attached hydrogens (tertiary/aromatic N) is 4. The molecule has 0 spiro atoms. The van der Waals surface area contributed by atoms with E-state index in [0.717, 1.165) is 5.56 Å². The molecule has 4 aromatic rings. The van der Waals surface area contributed by atoms with Crippen LogP contribution < -0.4 is 15.8 Å². The number of hydrogen-bond acceptors (Lipinski definition) is 10. The summed E-state index contributed by atoms with van der Waals surface area (Å²) in [6.07, 6.45) is 0. The van der Waals surface area contributed by atoms with Gasteiger partial charge in [0.1, 0.15) is 46.7 Å². The lowest BCUT2D eigenvalue weighted by Gasteiger charge is -2.13. The van der Waals surface area contributed by atoms with Gasteiger partial charge in [-0.1, -0.05) is 30.0 Å². The first-order valence-electron chi connectivity index (χ1n) is 11.0. The van der Waals surface area contributed by atoms with Crippen LogP contribution >= 0.6 is 23.1 Å². The normalized spacial score (nSPS) is 10.5. The van der Waals surface area contributed by atoms with Gasteiger partial charge in [-0.25, -0.2) is 14.4 Å². The lowest BCUT2D eigenvalue weighted by atomic mass is 9.97. The Morgan fingerprint density at radius 1 is 1.14 bits per heavy atom. The van der Waals surface area contributed by atoms with E-state index < -0.39 is 0 Å². The summed E-state index contributed by atoms with van der Waals surface area (Å²) in [6, 6.07) is 16.0. The Morgan fingerprint density at radius 2 is 1.89 bits per heavy atom. The molecule has 0 saturated carbocycles. The van der Waals surface area contributed by atoms with Crippen LogP contribution in [0.25, 0.3) is 11.1 Å². The van der Waals surface area contributed by atoms with Gasteiger partial charge in [0, 0.05) is 16.7 Å². The van der Waals surface area contributed by atoms with E-state index in [1.807, 2.05) is 18.4 Å². The van der Waals surface area contributed by atoms with E-state index in [1.54, 1.807) is 30.3 Å².